The highest BCUT2D eigenvalue weighted by atomic mass is 32.2. The highest BCUT2D eigenvalue weighted by molar-refractivity contribution is 7.98. The maximum Gasteiger partial charge on any atom is 0.312 e. The molecule has 0 aromatic heterocycles. The van der Waals surface area contributed by atoms with Crippen LogP contribution >= 0.6 is 11.8 Å². The molecule has 2 aromatic carbocycles. The number of esters is 1. The summed E-state index contributed by atoms with van der Waals surface area (Å²) in [5.41, 5.74) is 2.08. The van der Waals surface area contributed by atoms with Crippen molar-refractivity contribution < 1.29 is 19.0 Å². The van der Waals surface area contributed by atoms with Gasteiger partial charge in [0, 0.05) is 22.4 Å². The largest absolute Gasteiger partial charge is 0.454 e. The molecule has 22 heavy (non-hydrogen) atoms. The summed E-state index contributed by atoms with van der Waals surface area (Å²) in [6.07, 6.45) is 2.38. The number of carbonyl (C=O) groups excluding carboxylic acids is 1. The summed E-state index contributed by atoms with van der Waals surface area (Å²) in [5, 5.41) is 0. The maximum atomic E-state index is 11.9. The van der Waals surface area contributed by atoms with Gasteiger partial charge in [0.2, 0.25) is 6.79 Å². The third-order valence-electron chi connectivity index (χ3n) is 3.99. The van der Waals surface area contributed by atoms with E-state index in [1.807, 2.05) is 12.3 Å². The summed E-state index contributed by atoms with van der Waals surface area (Å²) < 4.78 is 16.2. The van der Waals surface area contributed by atoms with Crippen LogP contribution in [0.1, 0.15) is 23.5 Å². The van der Waals surface area contributed by atoms with Crippen molar-refractivity contribution in [2.45, 2.75) is 17.2 Å². The van der Waals surface area contributed by atoms with Crippen molar-refractivity contribution in [2.75, 3.05) is 13.0 Å². The van der Waals surface area contributed by atoms with Crippen molar-refractivity contribution in [3.63, 3.8) is 0 Å². The van der Waals surface area contributed by atoms with E-state index in [-0.39, 0.29) is 18.7 Å². The summed E-state index contributed by atoms with van der Waals surface area (Å²) in [6, 6.07) is 12.0. The Morgan fingerprint density at radius 3 is 2.50 bits per heavy atom. The normalized spacial score (nSPS) is 18.8. The van der Waals surface area contributed by atoms with Crippen LogP contribution in [0, 0.1) is 0 Å². The molecule has 112 valence electrons. The van der Waals surface area contributed by atoms with E-state index in [0.29, 0.717) is 23.7 Å². The monoisotopic (exact) mass is 314 g/mol. The fraction of sp³-hybridized carbons (Fsp3) is 0.235. The van der Waals surface area contributed by atoms with Crippen LogP contribution in [0.15, 0.2) is 41.3 Å². The first-order chi connectivity index (χ1) is 10.7. The van der Waals surface area contributed by atoms with Crippen LogP contribution in [0.5, 0.6) is 17.2 Å². The first-order valence-electron chi connectivity index (χ1n) is 7.03. The predicted octanol–water partition coefficient (Wildman–Crippen LogP) is 3.58. The van der Waals surface area contributed by atoms with Gasteiger partial charge in [0.15, 0.2) is 11.5 Å². The van der Waals surface area contributed by atoms with Gasteiger partial charge in [-0.1, -0.05) is 12.1 Å². The zero-order chi connectivity index (χ0) is 15.1. The average Bonchev–Trinajstić information content (AvgIpc) is 2.99. The van der Waals surface area contributed by atoms with Gasteiger partial charge in [0.1, 0.15) is 5.75 Å². The van der Waals surface area contributed by atoms with Crippen molar-refractivity contribution in [2.24, 2.45) is 0 Å². The molecule has 0 bridgehead atoms. The van der Waals surface area contributed by atoms with Crippen LogP contribution in [-0.2, 0) is 4.79 Å². The van der Waals surface area contributed by atoms with Crippen LogP contribution in [0.2, 0.25) is 0 Å². The molecule has 2 aliphatic heterocycles. The van der Waals surface area contributed by atoms with Gasteiger partial charge in [0.25, 0.3) is 0 Å². The summed E-state index contributed by atoms with van der Waals surface area (Å²) >= 11 is 1.70. The topological polar surface area (TPSA) is 44.8 Å². The van der Waals surface area contributed by atoms with Crippen LogP contribution in [-0.4, -0.2) is 19.0 Å². The molecule has 0 amide bonds. The van der Waals surface area contributed by atoms with Gasteiger partial charge < -0.3 is 14.2 Å². The summed E-state index contributed by atoms with van der Waals surface area (Å²) in [4.78, 5) is 13.1. The lowest BCUT2D eigenvalue weighted by Gasteiger charge is -2.25. The van der Waals surface area contributed by atoms with Gasteiger partial charge in [-0.15, -0.1) is 11.8 Å². The highest BCUT2D eigenvalue weighted by Crippen LogP contribution is 2.46. The highest BCUT2D eigenvalue weighted by Gasteiger charge is 2.31. The Kier molecular flexibility index (Phi) is 3.22. The van der Waals surface area contributed by atoms with Gasteiger partial charge >= 0.3 is 5.97 Å². The Morgan fingerprint density at radius 1 is 1.05 bits per heavy atom. The standard InChI is InChI=1S/C17H14O4S/c1-22-11-4-2-10(3-5-11)12-7-17(18)21-14-8-16-15(6-13(12)14)19-9-20-16/h2-6,8,12H,7,9H2,1H3/t12-/m0/s1. The fourth-order valence-electron chi connectivity index (χ4n) is 2.87. The van der Waals surface area contributed by atoms with E-state index in [1.54, 1.807) is 17.8 Å². The first-order valence-corrected chi connectivity index (χ1v) is 8.25. The number of hydrogen-bond donors (Lipinski definition) is 0. The molecular weight excluding hydrogens is 300 g/mol. The second-order valence-electron chi connectivity index (χ2n) is 5.25. The molecule has 0 aliphatic carbocycles. The number of rotatable bonds is 2. The summed E-state index contributed by atoms with van der Waals surface area (Å²) in [7, 11) is 0. The number of fused-ring (bicyclic) bond motifs is 2. The summed E-state index contributed by atoms with van der Waals surface area (Å²) in [5.74, 6) is 1.68. The van der Waals surface area contributed by atoms with Gasteiger partial charge in [0.05, 0.1) is 6.42 Å². The molecule has 0 saturated carbocycles. The molecule has 5 heteroatoms. The zero-order valence-electron chi connectivity index (χ0n) is 12.0. The molecule has 0 saturated heterocycles. The van der Waals surface area contributed by atoms with Gasteiger partial charge in [-0.2, -0.15) is 0 Å². The zero-order valence-corrected chi connectivity index (χ0v) is 12.8. The van der Waals surface area contributed by atoms with Gasteiger partial charge in [-0.25, -0.2) is 0 Å². The lowest BCUT2D eigenvalue weighted by molar-refractivity contribution is -0.135. The van der Waals surface area contributed by atoms with E-state index in [9.17, 15) is 4.79 Å². The molecular formula is C17H14O4S. The van der Waals surface area contributed by atoms with Crippen molar-refractivity contribution >= 4 is 17.7 Å². The molecule has 2 aliphatic rings. The smallest absolute Gasteiger partial charge is 0.312 e. The van der Waals surface area contributed by atoms with Crippen LogP contribution in [0.4, 0.5) is 0 Å². The molecule has 0 radical (unpaired) electrons. The minimum Gasteiger partial charge on any atom is -0.454 e. The van der Waals surface area contributed by atoms with Crippen LogP contribution in [0.3, 0.4) is 0 Å². The van der Waals surface area contributed by atoms with Gasteiger partial charge in [-0.3, -0.25) is 4.79 Å². The Bertz CT molecular complexity index is 739. The van der Waals surface area contributed by atoms with E-state index >= 15 is 0 Å². The van der Waals surface area contributed by atoms with E-state index in [4.69, 9.17) is 14.2 Å². The SMILES string of the molecule is CSc1ccc([C@@H]2CC(=O)Oc3cc4c(cc32)OCO4)cc1. The molecule has 4 nitrogen and oxygen atoms in total. The molecule has 0 unspecified atom stereocenters. The number of benzene rings is 2. The van der Waals surface area contributed by atoms with Crippen molar-refractivity contribution in [1.29, 1.82) is 0 Å². The molecule has 0 spiro atoms. The number of thioether (sulfide) groups is 1. The predicted molar refractivity (Wildman–Crippen MR) is 82.9 cm³/mol. The summed E-state index contributed by atoms with van der Waals surface area (Å²) in [6.45, 7) is 0.208. The quantitative estimate of drug-likeness (QED) is 0.481. The molecule has 0 N–H and O–H groups in total. The third-order valence-corrected chi connectivity index (χ3v) is 4.74. The Balaban J connectivity index is 1.79. The first kappa shape index (κ1) is 13.5. The fourth-order valence-corrected chi connectivity index (χ4v) is 3.28. The Hall–Kier alpha value is -2.14. The van der Waals surface area contributed by atoms with Crippen molar-refractivity contribution in [1.82, 2.24) is 0 Å². The number of ether oxygens (including phenoxy) is 3. The van der Waals surface area contributed by atoms with Crippen molar-refractivity contribution in [3.05, 3.63) is 47.5 Å². The lowest BCUT2D eigenvalue weighted by Crippen LogP contribution is -2.20. The Labute approximate surface area is 132 Å². The average molecular weight is 314 g/mol. The number of carbonyl (C=O) groups is 1. The van der Waals surface area contributed by atoms with E-state index in [2.05, 4.69) is 24.3 Å². The minimum absolute atomic E-state index is 0.0124. The second kappa shape index (κ2) is 5.25. The minimum atomic E-state index is -0.217. The maximum absolute atomic E-state index is 11.9. The van der Waals surface area contributed by atoms with E-state index in [1.165, 1.54) is 4.90 Å². The number of hydrogen-bond acceptors (Lipinski definition) is 5. The molecule has 2 aromatic rings. The van der Waals surface area contributed by atoms with E-state index in [0.717, 1.165) is 11.1 Å². The Morgan fingerprint density at radius 2 is 1.77 bits per heavy atom. The van der Waals surface area contributed by atoms with Crippen molar-refractivity contribution in [3.8, 4) is 17.2 Å². The lowest BCUT2D eigenvalue weighted by atomic mass is 9.86. The second-order valence-corrected chi connectivity index (χ2v) is 6.13. The van der Waals surface area contributed by atoms with Crippen LogP contribution in [0.25, 0.3) is 0 Å². The van der Waals surface area contributed by atoms with Crippen LogP contribution < -0.4 is 14.2 Å². The van der Waals surface area contributed by atoms with Gasteiger partial charge in [-0.05, 0) is 30.0 Å². The third kappa shape index (κ3) is 2.22. The molecule has 4 rings (SSSR count). The molecule has 2 heterocycles. The molecule has 0 fully saturated rings. The van der Waals surface area contributed by atoms with E-state index < -0.39 is 0 Å². The molecule has 1 atom stereocenters.